The summed E-state index contributed by atoms with van der Waals surface area (Å²) in [6, 6.07) is 3.71. The summed E-state index contributed by atoms with van der Waals surface area (Å²) >= 11 is 5.86. The first kappa shape index (κ1) is 9.81. The molecule has 0 saturated heterocycles. The van der Waals surface area contributed by atoms with E-state index in [4.69, 9.17) is 11.6 Å². The second-order valence-electron chi connectivity index (χ2n) is 3.81. The fourth-order valence-corrected chi connectivity index (χ4v) is 2.07. The van der Waals surface area contributed by atoms with Crippen molar-refractivity contribution in [2.75, 3.05) is 6.54 Å². The van der Waals surface area contributed by atoms with Crippen LogP contribution < -0.4 is 5.32 Å². The lowest BCUT2D eigenvalue weighted by Crippen LogP contribution is -2.22. The molecule has 0 unspecified atom stereocenters. The highest BCUT2D eigenvalue weighted by Crippen LogP contribution is 2.16. The normalized spacial score (nSPS) is 14.8. The molecule has 3 rings (SSSR count). The third-order valence-corrected chi connectivity index (χ3v) is 2.91. The monoisotopic (exact) mass is 234 g/mol. The van der Waals surface area contributed by atoms with E-state index in [2.05, 4.69) is 15.4 Å². The second-order valence-corrected chi connectivity index (χ2v) is 4.20. The molecular formula is C11H11ClN4. The number of pyridine rings is 1. The van der Waals surface area contributed by atoms with Crippen molar-refractivity contribution in [2.24, 2.45) is 0 Å². The summed E-state index contributed by atoms with van der Waals surface area (Å²) in [5.41, 5.74) is 3.39. The van der Waals surface area contributed by atoms with Gasteiger partial charge in [0, 0.05) is 43.5 Å². The first-order valence-corrected chi connectivity index (χ1v) is 5.61. The second kappa shape index (κ2) is 3.88. The zero-order valence-corrected chi connectivity index (χ0v) is 9.41. The third-order valence-electron chi connectivity index (χ3n) is 2.71. The van der Waals surface area contributed by atoms with Gasteiger partial charge in [-0.1, -0.05) is 11.6 Å². The molecule has 3 heterocycles. The SMILES string of the molecule is Clc1cc(-n2cc3c(n2)CCNC3)ccn1. The Labute approximate surface area is 98.3 Å². The molecule has 0 aromatic carbocycles. The van der Waals surface area contributed by atoms with Crippen molar-refractivity contribution < 1.29 is 0 Å². The number of aromatic nitrogens is 3. The standard InChI is InChI=1S/C11H11ClN4/c12-11-5-9(1-4-14-11)16-7-8-6-13-3-2-10(8)15-16/h1,4-5,7,13H,2-3,6H2. The molecule has 0 aliphatic carbocycles. The van der Waals surface area contributed by atoms with Crippen LogP contribution in [0.3, 0.4) is 0 Å². The molecule has 0 amide bonds. The Balaban J connectivity index is 2.03. The quantitative estimate of drug-likeness (QED) is 0.762. The maximum atomic E-state index is 5.86. The van der Waals surface area contributed by atoms with Gasteiger partial charge in [-0.3, -0.25) is 0 Å². The van der Waals surface area contributed by atoms with Crippen molar-refractivity contribution in [3.05, 3.63) is 40.9 Å². The third kappa shape index (κ3) is 1.70. The molecule has 0 spiro atoms. The molecule has 0 radical (unpaired) electrons. The highest BCUT2D eigenvalue weighted by Gasteiger charge is 2.13. The Morgan fingerprint density at radius 1 is 1.44 bits per heavy atom. The predicted molar refractivity (Wildman–Crippen MR) is 61.8 cm³/mol. The van der Waals surface area contributed by atoms with E-state index in [1.54, 1.807) is 6.20 Å². The lowest BCUT2D eigenvalue weighted by Gasteiger charge is -2.09. The molecule has 0 atom stereocenters. The van der Waals surface area contributed by atoms with Crippen LogP contribution in [0.4, 0.5) is 0 Å². The van der Waals surface area contributed by atoms with Crippen molar-refractivity contribution in [1.82, 2.24) is 20.1 Å². The van der Waals surface area contributed by atoms with Gasteiger partial charge in [0.15, 0.2) is 0 Å². The van der Waals surface area contributed by atoms with E-state index >= 15 is 0 Å². The molecule has 4 nitrogen and oxygen atoms in total. The molecule has 0 fully saturated rings. The summed E-state index contributed by atoms with van der Waals surface area (Å²) in [5.74, 6) is 0. The van der Waals surface area contributed by atoms with Crippen molar-refractivity contribution in [2.45, 2.75) is 13.0 Å². The zero-order valence-electron chi connectivity index (χ0n) is 8.65. The maximum Gasteiger partial charge on any atom is 0.131 e. The summed E-state index contributed by atoms with van der Waals surface area (Å²) in [4.78, 5) is 3.96. The van der Waals surface area contributed by atoms with Gasteiger partial charge in [0.05, 0.1) is 11.4 Å². The summed E-state index contributed by atoms with van der Waals surface area (Å²) < 4.78 is 1.87. The van der Waals surface area contributed by atoms with Gasteiger partial charge in [-0.05, 0) is 6.07 Å². The minimum atomic E-state index is 0.490. The Morgan fingerprint density at radius 2 is 2.38 bits per heavy atom. The average Bonchev–Trinajstić information content (AvgIpc) is 2.72. The van der Waals surface area contributed by atoms with E-state index in [1.807, 2.05) is 23.0 Å². The Morgan fingerprint density at radius 3 is 3.19 bits per heavy atom. The number of fused-ring (bicyclic) bond motifs is 1. The topological polar surface area (TPSA) is 42.7 Å². The van der Waals surface area contributed by atoms with Gasteiger partial charge >= 0.3 is 0 Å². The van der Waals surface area contributed by atoms with E-state index in [0.29, 0.717) is 5.15 Å². The highest BCUT2D eigenvalue weighted by atomic mass is 35.5. The first-order valence-electron chi connectivity index (χ1n) is 5.23. The smallest absolute Gasteiger partial charge is 0.131 e. The molecule has 1 aliphatic heterocycles. The molecule has 1 N–H and O–H groups in total. The Hall–Kier alpha value is -1.39. The van der Waals surface area contributed by atoms with Crippen LogP contribution in [0.1, 0.15) is 11.3 Å². The number of nitrogens with zero attached hydrogens (tertiary/aromatic N) is 3. The van der Waals surface area contributed by atoms with Gasteiger partial charge < -0.3 is 5.32 Å². The molecule has 2 aromatic rings. The van der Waals surface area contributed by atoms with E-state index in [1.165, 1.54) is 11.3 Å². The zero-order chi connectivity index (χ0) is 11.0. The van der Waals surface area contributed by atoms with Gasteiger partial charge in [-0.15, -0.1) is 0 Å². The van der Waals surface area contributed by atoms with Gasteiger partial charge in [0.25, 0.3) is 0 Å². The molecule has 0 bridgehead atoms. The summed E-state index contributed by atoms with van der Waals surface area (Å²) in [5, 5.41) is 8.37. The van der Waals surface area contributed by atoms with E-state index in [0.717, 1.165) is 25.2 Å². The van der Waals surface area contributed by atoms with Crippen LogP contribution in [0.2, 0.25) is 5.15 Å². The van der Waals surface area contributed by atoms with Gasteiger partial charge in [-0.2, -0.15) is 5.10 Å². The number of nitrogens with one attached hydrogen (secondary N) is 1. The van der Waals surface area contributed by atoms with Crippen molar-refractivity contribution >= 4 is 11.6 Å². The van der Waals surface area contributed by atoms with Gasteiger partial charge in [-0.25, -0.2) is 9.67 Å². The summed E-state index contributed by atoms with van der Waals surface area (Å²) in [6.45, 7) is 1.90. The number of hydrogen-bond donors (Lipinski definition) is 1. The molecular weight excluding hydrogens is 224 g/mol. The molecule has 2 aromatic heterocycles. The van der Waals surface area contributed by atoms with Crippen molar-refractivity contribution in [1.29, 1.82) is 0 Å². The molecule has 1 aliphatic rings. The van der Waals surface area contributed by atoms with Gasteiger partial charge in [0.1, 0.15) is 5.15 Å². The number of halogens is 1. The fourth-order valence-electron chi connectivity index (χ4n) is 1.90. The lowest BCUT2D eigenvalue weighted by atomic mass is 10.1. The van der Waals surface area contributed by atoms with Crippen LogP contribution >= 0.6 is 11.6 Å². The molecule has 16 heavy (non-hydrogen) atoms. The van der Waals surface area contributed by atoms with Gasteiger partial charge in [0.2, 0.25) is 0 Å². The minimum Gasteiger partial charge on any atom is -0.312 e. The van der Waals surface area contributed by atoms with Crippen LogP contribution in [0.25, 0.3) is 5.69 Å². The molecule has 5 heteroatoms. The van der Waals surface area contributed by atoms with Crippen LogP contribution in [-0.4, -0.2) is 21.3 Å². The van der Waals surface area contributed by atoms with Crippen LogP contribution in [0.5, 0.6) is 0 Å². The fraction of sp³-hybridized carbons (Fsp3) is 0.273. The first-order chi connectivity index (χ1) is 7.83. The summed E-state index contributed by atoms with van der Waals surface area (Å²) in [6.07, 6.45) is 4.73. The predicted octanol–water partition coefficient (Wildman–Crippen LogP) is 1.57. The maximum absolute atomic E-state index is 5.86. The lowest BCUT2D eigenvalue weighted by molar-refractivity contribution is 0.635. The van der Waals surface area contributed by atoms with E-state index < -0.39 is 0 Å². The van der Waals surface area contributed by atoms with E-state index in [9.17, 15) is 0 Å². The Bertz CT molecular complexity index is 497. The van der Waals surface area contributed by atoms with Crippen molar-refractivity contribution in [3.8, 4) is 5.69 Å². The highest BCUT2D eigenvalue weighted by molar-refractivity contribution is 6.29. The minimum absolute atomic E-state index is 0.490. The largest absolute Gasteiger partial charge is 0.312 e. The molecule has 82 valence electrons. The average molecular weight is 235 g/mol. The van der Waals surface area contributed by atoms with Crippen molar-refractivity contribution in [3.63, 3.8) is 0 Å². The summed E-state index contributed by atoms with van der Waals surface area (Å²) in [7, 11) is 0. The number of hydrogen-bond acceptors (Lipinski definition) is 3. The van der Waals surface area contributed by atoms with Crippen LogP contribution in [0.15, 0.2) is 24.5 Å². The van der Waals surface area contributed by atoms with Crippen LogP contribution in [-0.2, 0) is 13.0 Å². The van der Waals surface area contributed by atoms with Crippen LogP contribution in [0, 0.1) is 0 Å². The number of rotatable bonds is 1. The Kier molecular flexibility index (Phi) is 2.38. The molecule has 0 saturated carbocycles. The van der Waals surface area contributed by atoms with E-state index in [-0.39, 0.29) is 0 Å².